The molecule has 17 heavy (non-hydrogen) atoms. The summed E-state index contributed by atoms with van der Waals surface area (Å²) in [6.45, 7) is 2.72. The van der Waals surface area contributed by atoms with Gasteiger partial charge >= 0.3 is 0 Å². The highest BCUT2D eigenvalue weighted by atomic mass is 79.9. The Hall–Kier alpha value is -0.260. The molecule has 0 aliphatic carbocycles. The van der Waals surface area contributed by atoms with Crippen LogP contribution in [0.4, 0.5) is 5.69 Å². The van der Waals surface area contributed by atoms with Gasteiger partial charge in [0.1, 0.15) is 5.76 Å². The Morgan fingerprint density at radius 1 is 1.12 bits per heavy atom. The number of halogens is 3. The van der Waals surface area contributed by atoms with Crippen LogP contribution in [0.5, 0.6) is 0 Å². The number of aryl methyl sites for hydroxylation is 1. The van der Waals surface area contributed by atoms with E-state index in [1.165, 1.54) is 5.56 Å². The topological polar surface area (TPSA) is 25.2 Å². The predicted molar refractivity (Wildman–Crippen MR) is 80.3 cm³/mol. The van der Waals surface area contributed by atoms with Gasteiger partial charge in [0.25, 0.3) is 0 Å². The van der Waals surface area contributed by atoms with Crippen LogP contribution in [0.1, 0.15) is 11.3 Å². The number of hydrogen-bond donors (Lipinski definition) is 1. The Kier molecular flexibility index (Phi) is 4.33. The maximum Gasteiger partial charge on any atom is 0.183 e. The molecule has 0 aliphatic rings. The SMILES string of the molecule is Cc1cc(Br)cc(NCc2cc(Br)c(Br)o2)c1. The van der Waals surface area contributed by atoms with Crippen molar-refractivity contribution in [3.05, 3.63) is 49.2 Å². The van der Waals surface area contributed by atoms with Gasteiger partial charge in [-0.1, -0.05) is 15.9 Å². The first-order chi connectivity index (χ1) is 8.04. The van der Waals surface area contributed by atoms with Gasteiger partial charge in [-0.3, -0.25) is 0 Å². The Labute approximate surface area is 125 Å². The summed E-state index contributed by atoms with van der Waals surface area (Å²) in [4.78, 5) is 0. The molecular weight excluding hydrogens is 414 g/mol. The molecule has 2 rings (SSSR count). The smallest absolute Gasteiger partial charge is 0.183 e. The first kappa shape index (κ1) is 13.2. The van der Waals surface area contributed by atoms with Crippen LogP contribution in [0.2, 0.25) is 0 Å². The summed E-state index contributed by atoms with van der Waals surface area (Å²) in [7, 11) is 0. The second-order valence-corrected chi connectivity index (χ2v) is 6.20. The standard InChI is InChI=1S/C12H10Br3NO/c1-7-2-8(13)4-9(3-7)16-6-10-5-11(14)12(15)17-10/h2-5,16H,6H2,1H3. The fraction of sp³-hybridized carbons (Fsp3) is 0.167. The lowest BCUT2D eigenvalue weighted by Gasteiger charge is -2.06. The van der Waals surface area contributed by atoms with Gasteiger partial charge in [0.2, 0.25) is 0 Å². The van der Waals surface area contributed by atoms with Gasteiger partial charge in [-0.25, -0.2) is 0 Å². The van der Waals surface area contributed by atoms with Crippen LogP contribution >= 0.6 is 47.8 Å². The van der Waals surface area contributed by atoms with Crippen molar-refractivity contribution in [1.29, 1.82) is 0 Å². The molecule has 2 nitrogen and oxygen atoms in total. The normalized spacial score (nSPS) is 10.6. The van der Waals surface area contributed by atoms with Crippen LogP contribution in [-0.2, 0) is 6.54 Å². The molecule has 0 bridgehead atoms. The van der Waals surface area contributed by atoms with E-state index < -0.39 is 0 Å². The molecular formula is C12H10Br3NO. The number of nitrogens with one attached hydrogen (secondary N) is 1. The van der Waals surface area contributed by atoms with Crippen LogP contribution in [0.25, 0.3) is 0 Å². The van der Waals surface area contributed by atoms with Gasteiger partial charge in [0, 0.05) is 10.2 Å². The highest BCUT2D eigenvalue weighted by Crippen LogP contribution is 2.27. The summed E-state index contributed by atoms with van der Waals surface area (Å²) in [6.07, 6.45) is 0. The van der Waals surface area contributed by atoms with Gasteiger partial charge in [0.15, 0.2) is 4.67 Å². The molecule has 0 aliphatic heterocycles. The number of anilines is 1. The van der Waals surface area contributed by atoms with E-state index in [2.05, 4.69) is 72.2 Å². The monoisotopic (exact) mass is 421 g/mol. The van der Waals surface area contributed by atoms with Gasteiger partial charge in [-0.2, -0.15) is 0 Å². The molecule has 0 fully saturated rings. The Balaban J connectivity index is 2.07. The van der Waals surface area contributed by atoms with Crippen LogP contribution in [-0.4, -0.2) is 0 Å². The van der Waals surface area contributed by atoms with Crippen LogP contribution in [0.3, 0.4) is 0 Å². The van der Waals surface area contributed by atoms with Crippen molar-refractivity contribution in [2.45, 2.75) is 13.5 Å². The van der Waals surface area contributed by atoms with Gasteiger partial charge in [-0.05, 0) is 68.6 Å². The first-order valence-electron chi connectivity index (χ1n) is 4.99. The molecule has 0 amide bonds. The van der Waals surface area contributed by atoms with Crippen molar-refractivity contribution in [2.24, 2.45) is 0 Å². The molecule has 0 radical (unpaired) electrons. The van der Waals surface area contributed by atoms with Crippen LogP contribution in [0, 0.1) is 6.92 Å². The zero-order valence-electron chi connectivity index (χ0n) is 9.06. The van der Waals surface area contributed by atoms with E-state index in [-0.39, 0.29) is 0 Å². The Morgan fingerprint density at radius 2 is 1.88 bits per heavy atom. The number of hydrogen-bond acceptors (Lipinski definition) is 2. The summed E-state index contributed by atoms with van der Waals surface area (Å²) in [5, 5.41) is 3.32. The third-order valence-electron chi connectivity index (χ3n) is 2.21. The molecule has 0 saturated heterocycles. The fourth-order valence-electron chi connectivity index (χ4n) is 1.51. The fourth-order valence-corrected chi connectivity index (χ4v) is 2.77. The molecule has 2 aromatic rings. The van der Waals surface area contributed by atoms with Gasteiger partial charge in [-0.15, -0.1) is 0 Å². The third-order valence-corrected chi connectivity index (χ3v) is 4.37. The summed E-state index contributed by atoms with van der Waals surface area (Å²) in [6, 6.07) is 8.16. The first-order valence-corrected chi connectivity index (χ1v) is 7.37. The van der Waals surface area contributed by atoms with Gasteiger partial charge in [0.05, 0.1) is 11.0 Å². The van der Waals surface area contributed by atoms with E-state index in [4.69, 9.17) is 4.42 Å². The average molecular weight is 424 g/mol. The van der Waals surface area contributed by atoms with Crippen molar-refractivity contribution in [1.82, 2.24) is 0 Å². The Bertz CT molecular complexity index is 497. The lowest BCUT2D eigenvalue weighted by atomic mass is 10.2. The molecule has 0 spiro atoms. The van der Waals surface area contributed by atoms with Crippen molar-refractivity contribution >= 4 is 53.5 Å². The molecule has 5 heteroatoms. The molecule has 1 aromatic heterocycles. The summed E-state index contributed by atoms with van der Waals surface area (Å²) >= 11 is 10.2. The summed E-state index contributed by atoms with van der Waals surface area (Å²) in [5.74, 6) is 0.876. The second kappa shape index (κ2) is 5.59. The number of benzene rings is 1. The molecule has 1 N–H and O–H groups in total. The summed E-state index contributed by atoms with van der Waals surface area (Å²) < 4.78 is 8.22. The maximum absolute atomic E-state index is 5.49. The van der Waals surface area contributed by atoms with Crippen molar-refractivity contribution in [3.8, 4) is 0 Å². The second-order valence-electron chi connectivity index (χ2n) is 3.71. The molecule has 0 saturated carbocycles. The predicted octanol–water partition coefficient (Wildman–Crippen LogP) is 5.49. The quantitative estimate of drug-likeness (QED) is 0.706. The molecule has 1 heterocycles. The largest absolute Gasteiger partial charge is 0.451 e. The zero-order valence-corrected chi connectivity index (χ0v) is 13.8. The molecule has 0 unspecified atom stereocenters. The van der Waals surface area contributed by atoms with Crippen molar-refractivity contribution < 1.29 is 4.42 Å². The maximum atomic E-state index is 5.49. The van der Waals surface area contributed by atoms with Crippen molar-refractivity contribution in [3.63, 3.8) is 0 Å². The minimum absolute atomic E-state index is 0.653. The van der Waals surface area contributed by atoms with E-state index in [0.717, 1.165) is 25.1 Å². The lowest BCUT2D eigenvalue weighted by Crippen LogP contribution is -1.98. The zero-order chi connectivity index (χ0) is 12.4. The number of furan rings is 1. The third kappa shape index (κ3) is 3.60. The highest BCUT2D eigenvalue weighted by molar-refractivity contribution is 9.13. The average Bonchev–Trinajstić information content (AvgIpc) is 2.54. The highest BCUT2D eigenvalue weighted by Gasteiger charge is 2.05. The molecule has 0 atom stereocenters. The van der Waals surface area contributed by atoms with Crippen LogP contribution in [0.15, 0.2) is 42.3 Å². The van der Waals surface area contributed by atoms with Crippen molar-refractivity contribution in [2.75, 3.05) is 5.32 Å². The molecule has 1 aromatic carbocycles. The van der Waals surface area contributed by atoms with E-state index in [1.54, 1.807) is 0 Å². The minimum atomic E-state index is 0.653. The van der Waals surface area contributed by atoms with E-state index in [0.29, 0.717) is 6.54 Å². The summed E-state index contributed by atoms with van der Waals surface area (Å²) in [5.41, 5.74) is 2.28. The van der Waals surface area contributed by atoms with E-state index in [1.807, 2.05) is 12.1 Å². The van der Waals surface area contributed by atoms with Crippen LogP contribution < -0.4 is 5.32 Å². The van der Waals surface area contributed by atoms with E-state index in [9.17, 15) is 0 Å². The van der Waals surface area contributed by atoms with E-state index >= 15 is 0 Å². The molecule has 90 valence electrons. The minimum Gasteiger partial charge on any atom is -0.451 e. The lowest BCUT2D eigenvalue weighted by molar-refractivity contribution is 0.494. The number of rotatable bonds is 3. The Morgan fingerprint density at radius 3 is 2.47 bits per heavy atom. The van der Waals surface area contributed by atoms with Gasteiger partial charge < -0.3 is 9.73 Å².